The molecule has 3 heteroatoms. The van der Waals surface area contributed by atoms with Gasteiger partial charge in [-0.05, 0) is 43.4 Å². The van der Waals surface area contributed by atoms with Crippen molar-refractivity contribution in [1.82, 2.24) is 15.0 Å². The van der Waals surface area contributed by atoms with Crippen LogP contribution in [0.2, 0.25) is 0 Å². The Morgan fingerprint density at radius 2 is 0.750 bits per heavy atom. The van der Waals surface area contributed by atoms with Gasteiger partial charge in [0.2, 0.25) is 0 Å². The molecule has 0 radical (unpaired) electrons. The first-order chi connectivity index (χ1) is 19.8. The molecule has 0 bridgehead atoms. The number of benzene rings is 7. The van der Waals surface area contributed by atoms with Crippen molar-refractivity contribution < 1.29 is 0 Å². The van der Waals surface area contributed by atoms with Gasteiger partial charge < -0.3 is 0 Å². The molecule has 0 fully saturated rings. The number of hydrogen-bond acceptors (Lipinski definition) is 3. The van der Waals surface area contributed by atoms with Crippen LogP contribution in [0.4, 0.5) is 0 Å². The van der Waals surface area contributed by atoms with Crippen molar-refractivity contribution in [3.63, 3.8) is 0 Å². The van der Waals surface area contributed by atoms with E-state index in [0.29, 0.717) is 17.5 Å². The lowest BCUT2D eigenvalue weighted by atomic mass is 9.90. The van der Waals surface area contributed by atoms with Crippen molar-refractivity contribution in [2.45, 2.75) is 0 Å². The lowest BCUT2D eigenvalue weighted by Crippen LogP contribution is -2.00. The lowest BCUT2D eigenvalue weighted by Gasteiger charge is -2.14. The van der Waals surface area contributed by atoms with Gasteiger partial charge >= 0.3 is 0 Å². The summed E-state index contributed by atoms with van der Waals surface area (Å²) in [5, 5.41) is 7.76. The number of nitrogens with zero attached hydrogens (tertiary/aromatic N) is 3. The Hall–Kier alpha value is -5.41. The van der Waals surface area contributed by atoms with E-state index in [9.17, 15) is 0 Å². The van der Waals surface area contributed by atoms with Gasteiger partial charge in [-0.25, -0.2) is 15.0 Å². The van der Waals surface area contributed by atoms with Gasteiger partial charge in [0, 0.05) is 16.7 Å². The monoisotopic (exact) mass is 509 g/mol. The zero-order chi connectivity index (χ0) is 26.5. The minimum Gasteiger partial charge on any atom is -0.208 e. The topological polar surface area (TPSA) is 38.7 Å². The van der Waals surface area contributed by atoms with Crippen LogP contribution < -0.4 is 0 Å². The van der Waals surface area contributed by atoms with Gasteiger partial charge in [-0.15, -0.1) is 0 Å². The molecule has 0 aliphatic heterocycles. The van der Waals surface area contributed by atoms with Crippen molar-refractivity contribution >= 4 is 32.3 Å². The van der Waals surface area contributed by atoms with Crippen LogP contribution in [0.5, 0.6) is 0 Å². The Bertz CT molecular complexity index is 2060. The van der Waals surface area contributed by atoms with Crippen LogP contribution in [-0.2, 0) is 0 Å². The second-order valence-corrected chi connectivity index (χ2v) is 10.1. The highest BCUT2D eigenvalue weighted by Crippen LogP contribution is 2.39. The fourth-order valence-electron chi connectivity index (χ4n) is 5.72. The van der Waals surface area contributed by atoms with Crippen molar-refractivity contribution in [2.75, 3.05) is 0 Å². The van der Waals surface area contributed by atoms with Crippen LogP contribution in [0.15, 0.2) is 140 Å². The molecule has 0 aliphatic carbocycles. The van der Waals surface area contributed by atoms with Gasteiger partial charge in [0.05, 0.1) is 0 Å². The average Bonchev–Trinajstić information content (AvgIpc) is 3.04. The third-order valence-electron chi connectivity index (χ3n) is 7.68. The van der Waals surface area contributed by atoms with Crippen LogP contribution in [0.3, 0.4) is 0 Å². The molecule has 0 N–H and O–H groups in total. The third-order valence-corrected chi connectivity index (χ3v) is 7.68. The molecule has 0 saturated heterocycles. The van der Waals surface area contributed by atoms with Crippen molar-refractivity contribution in [3.05, 3.63) is 140 Å². The van der Waals surface area contributed by atoms with E-state index in [4.69, 9.17) is 15.0 Å². The standard InChI is InChI=1S/C37H23N3/c1-3-8-28(9-4-1)35-38-36(29-10-5-2-6-11-29)40-37(39-35)30-18-14-24(15-19-30)31-22-20-27-17-16-25-12-7-13-26-21-23-32(31)34(27)33(25)26/h1-23H. The van der Waals surface area contributed by atoms with Crippen LogP contribution in [-0.4, -0.2) is 15.0 Å². The summed E-state index contributed by atoms with van der Waals surface area (Å²) in [7, 11) is 0. The Balaban J connectivity index is 1.25. The Morgan fingerprint density at radius 3 is 1.32 bits per heavy atom. The predicted octanol–water partition coefficient (Wildman–Crippen LogP) is 9.44. The summed E-state index contributed by atoms with van der Waals surface area (Å²) in [5.41, 5.74) is 5.28. The molecule has 1 heterocycles. The summed E-state index contributed by atoms with van der Waals surface area (Å²) in [5.74, 6) is 2.00. The zero-order valence-electron chi connectivity index (χ0n) is 21.6. The predicted molar refractivity (Wildman–Crippen MR) is 165 cm³/mol. The molecule has 3 nitrogen and oxygen atoms in total. The third kappa shape index (κ3) is 3.71. The van der Waals surface area contributed by atoms with Crippen LogP contribution in [0.25, 0.3) is 77.6 Å². The van der Waals surface area contributed by atoms with Gasteiger partial charge in [-0.2, -0.15) is 0 Å². The highest BCUT2D eigenvalue weighted by molar-refractivity contribution is 6.25. The normalized spacial score (nSPS) is 11.5. The summed E-state index contributed by atoms with van der Waals surface area (Å²) in [6.45, 7) is 0. The van der Waals surface area contributed by atoms with E-state index < -0.39 is 0 Å². The highest BCUT2D eigenvalue weighted by atomic mass is 15.0. The van der Waals surface area contributed by atoms with E-state index in [0.717, 1.165) is 16.7 Å². The van der Waals surface area contributed by atoms with Crippen LogP contribution in [0.1, 0.15) is 0 Å². The summed E-state index contributed by atoms with van der Waals surface area (Å²) >= 11 is 0. The van der Waals surface area contributed by atoms with E-state index in [-0.39, 0.29) is 0 Å². The first-order valence-electron chi connectivity index (χ1n) is 13.5. The molecule has 0 aliphatic rings. The Labute approximate surface area is 231 Å². The van der Waals surface area contributed by atoms with Crippen molar-refractivity contribution in [1.29, 1.82) is 0 Å². The van der Waals surface area contributed by atoms with Crippen LogP contribution >= 0.6 is 0 Å². The molecule has 40 heavy (non-hydrogen) atoms. The quantitative estimate of drug-likeness (QED) is 0.222. The van der Waals surface area contributed by atoms with Crippen molar-refractivity contribution in [3.8, 4) is 45.3 Å². The van der Waals surface area contributed by atoms with Gasteiger partial charge in [0.25, 0.3) is 0 Å². The fraction of sp³-hybridized carbons (Fsp3) is 0. The van der Waals surface area contributed by atoms with E-state index in [1.54, 1.807) is 0 Å². The minimum absolute atomic E-state index is 0.662. The Kier molecular flexibility index (Phi) is 5.14. The molecular formula is C37H23N3. The molecule has 7 aromatic carbocycles. The highest BCUT2D eigenvalue weighted by Gasteiger charge is 2.14. The minimum atomic E-state index is 0.662. The second-order valence-electron chi connectivity index (χ2n) is 10.1. The maximum absolute atomic E-state index is 4.88. The van der Waals surface area contributed by atoms with E-state index >= 15 is 0 Å². The van der Waals surface area contributed by atoms with Gasteiger partial charge in [-0.3, -0.25) is 0 Å². The molecule has 1 aromatic heterocycles. The average molecular weight is 510 g/mol. The van der Waals surface area contributed by atoms with E-state index in [1.165, 1.54) is 43.4 Å². The van der Waals surface area contributed by atoms with Gasteiger partial charge in [0.15, 0.2) is 17.5 Å². The molecule has 0 amide bonds. The number of aromatic nitrogens is 3. The molecule has 8 rings (SSSR count). The molecule has 8 aromatic rings. The van der Waals surface area contributed by atoms with Gasteiger partial charge in [-0.1, -0.05) is 140 Å². The van der Waals surface area contributed by atoms with Gasteiger partial charge in [0.1, 0.15) is 0 Å². The summed E-state index contributed by atoms with van der Waals surface area (Å²) in [6, 6.07) is 48.7. The maximum Gasteiger partial charge on any atom is 0.164 e. The summed E-state index contributed by atoms with van der Waals surface area (Å²) < 4.78 is 0. The smallest absolute Gasteiger partial charge is 0.164 e. The second kappa shape index (κ2) is 9.11. The molecular weight excluding hydrogens is 486 g/mol. The molecule has 186 valence electrons. The molecule has 0 saturated carbocycles. The zero-order valence-corrected chi connectivity index (χ0v) is 21.6. The lowest BCUT2D eigenvalue weighted by molar-refractivity contribution is 1.07. The number of rotatable bonds is 4. The summed E-state index contributed by atoms with van der Waals surface area (Å²) in [4.78, 5) is 14.6. The maximum atomic E-state index is 4.88. The fourth-order valence-corrected chi connectivity index (χ4v) is 5.72. The first kappa shape index (κ1) is 22.6. The largest absolute Gasteiger partial charge is 0.208 e. The SMILES string of the molecule is c1ccc(-c2nc(-c3ccccc3)nc(-c3ccc(-c4ccc5ccc6cccc7ccc4c5c67)cc3)n2)cc1. The van der Waals surface area contributed by atoms with E-state index in [2.05, 4.69) is 78.9 Å². The van der Waals surface area contributed by atoms with Crippen LogP contribution in [0, 0.1) is 0 Å². The first-order valence-corrected chi connectivity index (χ1v) is 13.5. The van der Waals surface area contributed by atoms with Crippen molar-refractivity contribution in [2.24, 2.45) is 0 Å². The molecule has 0 spiro atoms. The molecule has 0 atom stereocenters. The number of hydrogen-bond donors (Lipinski definition) is 0. The Morgan fingerprint density at radius 1 is 0.300 bits per heavy atom. The van der Waals surface area contributed by atoms with E-state index in [1.807, 2.05) is 60.7 Å². The molecule has 0 unspecified atom stereocenters. The summed E-state index contributed by atoms with van der Waals surface area (Å²) in [6.07, 6.45) is 0.